The molecule has 1 aliphatic carbocycles. The van der Waals surface area contributed by atoms with Crippen molar-refractivity contribution < 1.29 is 9.18 Å². The number of nitriles is 1. The third kappa shape index (κ3) is 3.09. The summed E-state index contributed by atoms with van der Waals surface area (Å²) >= 11 is 0. The number of nitrogens with zero attached hydrogens (tertiary/aromatic N) is 3. The summed E-state index contributed by atoms with van der Waals surface area (Å²) in [4.78, 5) is 16.3. The van der Waals surface area contributed by atoms with Gasteiger partial charge in [-0.3, -0.25) is 4.79 Å². The van der Waals surface area contributed by atoms with E-state index in [1.807, 2.05) is 16.8 Å². The molecule has 1 amide bonds. The lowest BCUT2D eigenvalue weighted by molar-refractivity contribution is -0.121. The average molecular weight is 316 g/mol. The first-order chi connectivity index (χ1) is 10.9. The minimum Gasteiger partial charge on any atom is -0.371 e. The zero-order chi connectivity index (χ0) is 16.6. The molecule has 0 aromatic heterocycles. The molecular weight excluding hydrogens is 295 g/mol. The monoisotopic (exact) mass is 316 g/mol. The molecule has 0 radical (unpaired) electrons. The summed E-state index contributed by atoms with van der Waals surface area (Å²) in [5.41, 5.74) is 0.852. The van der Waals surface area contributed by atoms with Crippen LogP contribution >= 0.6 is 0 Å². The van der Waals surface area contributed by atoms with Gasteiger partial charge in [0.15, 0.2) is 0 Å². The molecular formula is C17H21FN4O. The third-order valence-corrected chi connectivity index (χ3v) is 4.75. The first-order valence-corrected chi connectivity index (χ1v) is 7.91. The normalized spacial score (nSPS) is 19.6. The number of likely N-dealkylation sites (N-methyl/N-ethyl adjacent to an activating group) is 1. The van der Waals surface area contributed by atoms with Gasteiger partial charge in [-0.1, -0.05) is 0 Å². The fourth-order valence-corrected chi connectivity index (χ4v) is 3.13. The Balaban J connectivity index is 1.73. The number of nitrogens with one attached hydrogen (secondary N) is 1. The maximum Gasteiger partial charge on any atom is 0.240 e. The molecule has 0 bridgehead atoms. The first-order valence-electron chi connectivity index (χ1n) is 7.91. The molecule has 23 heavy (non-hydrogen) atoms. The Labute approximate surface area is 135 Å². The van der Waals surface area contributed by atoms with Gasteiger partial charge < -0.3 is 15.1 Å². The number of rotatable bonds is 4. The van der Waals surface area contributed by atoms with Crippen molar-refractivity contribution in [2.24, 2.45) is 5.92 Å². The molecule has 3 rings (SSSR count). The Morgan fingerprint density at radius 2 is 2.17 bits per heavy atom. The molecule has 1 aromatic carbocycles. The van der Waals surface area contributed by atoms with Crippen molar-refractivity contribution in [3.8, 4) is 6.07 Å². The van der Waals surface area contributed by atoms with E-state index in [-0.39, 0.29) is 24.2 Å². The van der Waals surface area contributed by atoms with E-state index < -0.39 is 5.54 Å². The van der Waals surface area contributed by atoms with Crippen molar-refractivity contribution in [1.29, 1.82) is 5.26 Å². The molecule has 1 aliphatic heterocycles. The molecule has 1 atom stereocenters. The van der Waals surface area contributed by atoms with Gasteiger partial charge in [0.05, 0.1) is 24.0 Å². The van der Waals surface area contributed by atoms with E-state index in [1.165, 1.54) is 12.1 Å². The lowest BCUT2D eigenvalue weighted by atomic mass is 9.98. The second-order valence-corrected chi connectivity index (χ2v) is 6.61. The highest BCUT2D eigenvalue weighted by Gasteiger charge is 2.43. The van der Waals surface area contributed by atoms with E-state index in [1.54, 1.807) is 13.0 Å². The van der Waals surface area contributed by atoms with Crippen molar-refractivity contribution in [3.05, 3.63) is 24.0 Å². The van der Waals surface area contributed by atoms with Crippen LogP contribution in [-0.2, 0) is 4.79 Å². The molecule has 0 spiro atoms. The van der Waals surface area contributed by atoms with Gasteiger partial charge in [-0.25, -0.2) is 4.39 Å². The zero-order valence-corrected chi connectivity index (χ0v) is 13.5. The number of anilines is 2. The number of fused-ring (bicyclic) bond motifs is 1. The number of hydrogen-bond acceptors (Lipinski definition) is 4. The van der Waals surface area contributed by atoms with Gasteiger partial charge in [0.25, 0.3) is 0 Å². The van der Waals surface area contributed by atoms with Crippen LogP contribution in [-0.4, -0.2) is 38.1 Å². The first kappa shape index (κ1) is 15.6. The molecule has 1 aromatic rings. The van der Waals surface area contributed by atoms with Crippen LogP contribution in [0.4, 0.5) is 15.8 Å². The fourth-order valence-electron chi connectivity index (χ4n) is 3.13. The highest BCUT2D eigenvalue weighted by molar-refractivity contribution is 5.85. The molecule has 5 nitrogen and oxygen atoms in total. The van der Waals surface area contributed by atoms with E-state index >= 15 is 0 Å². The predicted molar refractivity (Wildman–Crippen MR) is 86.8 cm³/mol. The quantitative estimate of drug-likeness (QED) is 0.921. The van der Waals surface area contributed by atoms with Crippen molar-refractivity contribution in [3.63, 3.8) is 0 Å². The minimum absolute atomic E-state index is 0.166. The molecule has 1 N–H and O–H groups in total. The highest BCUT2D eigenvalue weighted by atomic mass is 19.1. The fraction of sp³-hybridized carbons (Fsp3) is 0.529. The molecule has 0 unspecified atom stereocenters. The van der Waals surface area contributed by atoms with Gasteiger partial charge in [0.1, 0.15) is 11.4 Å². The van der Waals surface area contributed by atoms with Crippen LogP contribution in [0.5, 0.6) is 0 Å². The second-order valence-electron chi connectivity index (χ2n) is 6.61. The van der Waals surface area contributed by atoms with Gasteiger partial charge in [0, 0.05) is 20.1 Å². The van der Waals surface area contributed by atoms with Crippen molar-refractivity contribution in [2.45, 2.75) is 25.3 Å². The second kappa shape index (κ2) is 5.73. The van der Waals surface area contributed by atoms with Gasteiger partial charge in [0.2, 0.25) is 5.91 Å². The Morgan fingerprint density at radius 1 is 1.43 bits per heavy atom. The lowest BCUT2D eigenvalue weighted by Gasteiger charge is -2.37. The largest absolute Gasteiger partial charge is 0.371 e. The van der Waals surface area contributed by atoms with Crippen LogP contribution in [0.3, 0.4) is 0 Å². The number of benzene rings is 1. The summed E-state index contributed by atoms with van der Waals surface area (Å²) in [7, 11) is 1.91. The number of amides is 1. The van der Waals surface area contributed by atoms with Crippen LogP contribution in [0.25, 0.3) is 0 Å². The highest BCUT2D eigenvalue weighted by Crippen LogP contribution is 2.39. The Kier molecular flexibility index (Phi) is 3.88. The molecule has 1 saturated carbocycles. The van der Waals surface area contributed by atoms with Gasteiger partial charge in [-0.05, 0) is 43.9 Å². The minimum atomic E-state index is -0.782. The number of carbonyl (C=O) groups excluding carboxylic acids is 1. The number of carbonyl (C=O) groups is 1. The third-order valence-electron chi connectivity index (χ3n) is 4.75. The van der Waals surface area contributed by atoms with Crippen LogP contribution in [0.15, 0.2) is 18.2 Å². The lowest BCUT2D eigenvalue weighted by Crippen LogP contribution is -2.51. The number of hydrogen-bond donors (Lipinski definition) is 1. The zero-order valence-electron chi connectivity index (χ0n) is 13.5. The maximum atomic E-state index is 13.5. The molecule has 2 aliphatic rings. The molecule has 1 heterocycles. The van der Waals surface area contributed by atoms with Crippen LogP contribution in [0, 0.1) is 23.1 Å². The SMILES string of the molecule is CN1CCN(CC(=O)N[C@@](C)(C#N)C2CC2)c2ccc(F)cc21. The molecule has 0 saturated heterocycles. The van der Waals surface area contributed by atoms with E-state index in [2.05, 4.69) is 11.4 Å². The van der Waals surface area contributed by atoms with E-state index in [9.17, 15) is 14.4 Å². The maximum absolute atomic E-state index is 13.5. The standard InChI is InChI=1S/C17H21FN4O/c1-17(11-19,12-3-4-12)20-16(23)10-22-8-7-21(2)15-9-13(18)5-6-14(15)22/h5-6,9,12H,3-4,7-8,10H2,1-2H3,(H,20,23)/t17-/m0/s1. The van der Waals surface area contributed by atoms with E-state index in [4.69, 9.17) is 0 Å². The van der Waals surface area contributed by atoms with Crippen molar-refractivity contribution >= 4 is 17.3 Å². The van der Waals surface area contributed by atoms with Crippen molar-refractivity contribution in [1.82, 2.24) is 5.32 Å². The number of halogens is 1. The summed E-state index contributed by atoms with van der Waals surface area (Å²) < 4.78 is 13.5. The smallest absolute Gasteiger partial charge is 0.240 e. The molecule has 6 heteroatoms. The van der Waals surface area contributed by atoms with Gasteiger partial charge in [-0.2, -0.15) is 5.26 Å². The van der Waals surface area contributed by atoms with Gasteiger partial charge >= 0.3 is 0 Å². The molecule has 1 fully saturated rings. The van der Waals surface area contributed by atoms with E-state index in [0.717, 1.165) is 30.8 Å². The van der Waals surface area contributed by atoms with Gasteiger partial charge in [-0.15, -0.1) is 0 Å². The van der Waals surface area contributed by atoms with E-state index in [0.29, 0.717) is 6.54 Å². The summed E-state index contributed by atoms with van der Waals surface area (Å²) in [5.74, 6) is -0.196. The topological polar surface area (TPSA) is 59.4 Å². The molecule has 122 valence electrons. The van der Waals surface area contributed by atoms with Crippen LogP contribution in [0.1, 0.15) is 19.8 Å². The summed E-state index contributed by atoms with van der Waals surface area (Å²) in [6.07, 6.45) is 1.97. The summed E-state index contributed by atoms with van der Waals surface area (Å²) in [6.45, 7) is 3.38. The Hall–Kier alpha value is -2.29. The predicted octanol–water partition coefficient (Wildman–Crippen LogP) is 1.89. The van der Waals surface area contributed by atoms with Crippen LogP contribution in [0.2, 0.25) is 0 Å². The van der Waals surface area contributed by atoms with Crippen molar-refractivity contribution in [2.75, 3.05) is 36.5 Å². The van der Waals surface area contributed by atoms with Crippen LogP contribution < -0.4 is 15.1 Å². The Morgan fingerprint density at radius 3 is 2.83 bits per heavy atom. The Bertz CT molecular complexity index is 667. The summed E-state index contributed by atoms with van der Waals surface area (Å²) in [5, 5.41) is 12.2. The average Bonchev–Trinajstić information content (AvgIpc) is 3.35. The summed E-state index contributed by atoms with van der Waals surface area (Å²) in [6, 6.07) is 6.84.